The second-order valence-corrected chi connectivity index (χ2v) is 9.36. The summed E-state index contributed by atoms with van der Waals surface area (Å²) in [4.78, 5) is 54.8. The van der Waals surface area contributed by atoms with Crippen LogP contribution in [0.3, 0.4) is 0 Å². The summed E-state index contributed by atoms with van der Waals surface area (Å²) in [7, 11) is 2.69. The zero-order valence-electron chi connectivity index (χ0n) is 21.3. The molecule has 5 rings (SSSR count). The molecule has 1 amide bonds. The van der Waals surface area contributed by atoms with Gasteiger partial charge in [-0.3, -0.25) is 14.4 Å². The van der Waals surface area contributed by atoms with Gasteiger partial charge in [-0.1, -0.05) is 12.1 Å². The molecule has 1 aliphatic carbocycles. The average molecular weight is 523 g/mol. The second kappa shape index (κ2) is 9.92. The third-order valence-corrected chi connectivity index (χ3v) is 7.25. The van der Waals surface area contributed by atoms with Gasteiger partial charge in [0.1, 0.15) is 17.3 Å². The fourth-order valence-electron chi connectivity index (χ4n) is 5.45. The number of nitrogens with zero attached hydrogens (tertiary/aromatic N) is 2. The molecule has 1 saturated heterocycles. The molecule has 3 aromatic rings. The summed E-state index contributed by atoms with van der Waals surface area (Å²) in [6.07, 6.45) is 1.39. The molecule has 0 radical (unpaired) electrons. The Bertz CT molecular complexity index is 1470. The second-order valence-electron chi connectivity index (χ2n) is 9.36. The van der Waals surface area contributed by atoms with Gasteiger partial charge in [0.25, 0.3) is 11.7 Å². The number of likely N-dealkylation sites (tertiary alicyclic amines) is 1. The number of halogens is 1. The summed E-state index contributed by atoms with van der Waals surface area (Å²) in [6.45, 7) is 2.57. The smallest absolute Gasteiger partial charge is 0.419 e. The van der Waals surface area contributed by atoms with Crippen LogP contribution in [0, 0.1) is 11.7 Å². The van der Waals surface area contributed by atoms with Crippen molar-refractivity contribution in [3.63, 3.8) is 0 Å². The van der Waals surface area contributed by atoms with Crippen molar-refractivity contribution in [1.82, 2.24) is 9.47 Å². The van der Waals surface area contributed by atoms with E-state index in [-0.39, 0.29) is 51.6 Å². The van der Waals surface area contributed by atoms with Gasteiger partial charge in [-0.15, -0.1) is 0 Å². The highest BCUT2D eigenvalue weighted by Crippen LogP contribution is 2.45. The van der Waals surface area contributed by atoms with Gasteiger partial charge in [0.15, 0.2) is 5.75 Å². The number of ketones is 2. The molecule has 0 N–H and O–H groups in total. The number of fused-ring (bicyclic) bond motifs is 1. The number of carbonyl (C=O) groups excluding carboxylic acids is 4. The summed E-state index contributed by atoms with van der Waals surface area (Å²) in [5.74, 6) is -2.15. The maximum atomic E-state index is 13.8. The fraction of sp³-hybridized carbons (Fsp3) is 0.357. The zero-order valence-corrected chi connectivity index (χ0v) is 21.3. The molecule has 2 heterocycles. The molecule has 1 fully saturated rings. The van der Waals surface area contributed by atoms with Crippen molar-refractivity contribution < 1.29 is 37.8 Å². The predicted molar refractivity (Wildman–Crippen MR) is 135 cm³/mol. The van der Waals surface area contributed by atoms with Crippen molar-refractivity contribution in [2.75, 3.05) is 33.9 Å². The van der Waals surface area contributed by atoms with Crippen LogP contribution in [0.4, 0.5) is 9.18 Å². The first-order valence-electron chi connectivity index (χ1n) is 12.4. The number of Topliss-reactive ketones (excluding diaryl/α,β-unsaturated/α-hetero) is 2. The molecule has 2 bridgehead atoms. The molecular formula is C28H27FN2O7. The summed E-state index contributed by atoms with van der Waals surface area (Å²) in [5.41, 5.74) is 0.838. The molecular weight excluding hydrogens is 495 g/mol. The molecule has 0 spiro atoms. The molecule has 198 valence electrons. The first-order valence-corrected chi connectivity index (χ1v) is 12.4. The van der Waals surface area contributed by atoms with Gasteiger partial charge in [-0.25, -0.2) is 13.8 Å². The van der Waals surface area contributed by atoms with Crippen LogP contribution in [0.2, 0.25) is 0 Å². The minimum Gasteiger partial charge on any atom is -0.496 e. The Morgan fingerprint density at radius 1 is 1.03 bits per heavy atom. The molecule has 0 unspecified atom stereocenters. The molecule has 2 aromatic carbocycles. The first-order chi connectivity index (χ1) is 18.3. The van der Waals surface area contributed by atoms with Crippen LogP contribution in [-0.4, -0.2) is 66.9 Å². The summed E-state index contributed by atoms with van der Waals surface area (Å²) in [6, 6.07) is 7.88. The number of hydrogen-bond acceptors (Lipinski definition) is 7. The number of piperidine rings is 1. The average Bonchev–Trinajstić information content (AvgIpc) is 3.23. The van der Waals surface area contributed by atoms with E-state index < -0.39 is 23.6 Å². The van der Waals surface area contributed by atoms with E-state index in [1.165, 1.54) is 32.4 Å². The van der Waals surface area contributed by atoms with E-state index in [1.54, 1.807) is 24.0 Å². The number of aromatic nitrogens is 1. The standard InChI is InChI=1S/C28H27FN2O7/c1-4-38-28(35)31-18-14-19(36-2)21(22-20(18)26(37-3)23(31)25(33)24(22)32)27(34)30-11-9-16(10-12-30)13-15-5-7-17(29)8-6-15/h5-8,14,16H,4,9-13H2,1-3H3. The van der Waals surface area contributed by atoms with Crippen LogP contribution in [-0.2, 0) is 11.2 Å². The number of benzene rings is 2. The Morgan fingerprint density at radius 2 is 1.71 bits per heavy atom. The number of carbonyl (C=O) groups is 4. The van der Waals surface area contributed by atoms with Gasteiger partial charge in [0.2, 0.25) is 5.78 Å². The highest BCUT2D eigenvalue weighted by Gasteiger charge is 2.44. The number of methoxy groups -OCH3 is 2. The molecule has 0 saturated carbocycles. The Balaban J connectivity index is 1.51. The van der Waals surface area contributed by atoms with E-state index in [0.29, 0.717) is 19.0 Å². The van der Waals surface area contributed by atoms with Crippen molar-refractivity contribution in [2.24, 2.45) is 5.92 Å². The summed E-state index contributed by atoms with van der Waals surface area (Å²) in [5, 5.41) is 0.204. The lowest BCUT2D eigenvalue weighted by Gasteiger charge is -2.33. The van der Waals surface area contributed by atoms with Crippen molar-refractivity contribution in [3.05, 3.63) is 58.5 Å². The first kappa shape index (κ1) is 25.4. The van der Waals surface area contributed by atoms with Gasteiger partial charge in [-0.05, 0) is 49.8 Å². The Morgan fingerprint density at radius 3 is 2.32 bits per heavy atom. The van der Waals surface area contributed by atoms with E-state index in [2.05, 4.69) is 0 Å². The van der Waals surface area contributed by atoms with Crippen LogP contribution in [0.5, 0.6) is 11.5 Å². The van der Waals surface area contributed by atoms with E-state index in [4.69, 9.17) is 14.2 Å². The number of rotatable bonds is 6. The van der Waals surface area contributed by atoms with Crippen LogP contribution >= 0.6 is 0 Å². The van der Waals surface area contributed by atoms with E-state index in [1.807, 2.05) is 0 Å². The maximum Gasteiger partial charge on any atom is 0.419 e. The highest BCUT2D eigenvalue weighted by atomic mass is 19.1. The van der Waals surface area contributed by atoms with E-state index in [9.17, 15) is 23.6 Å². The van der Waals surface area contributed by atoms with Gasteiger partial charge in [0.05, 0.1) is 42.9 Å². The minimum atomic E-state index is -0.960. The lowest BCUT2D eigenvalue weighted by molar-refractivity contribution is 0.0682. The molecule has 38 heavy (non-hydrogen) atoms. The molecule has 1 aromatic heterocycles. The van der Waals surface area contributed by atoms with Gasteiger partial charge < -0.3 is 19.1 Å². The number of amides is 1. The third kappa shape index (κ3) is 4.00. The lowest BCUT2D eigenvalue weighted by atomic mass is 9.88. The predicted octanol–water partition coefficient (Wildman–Crippen LogP) is 4.28. The van der Waals surface area contributed by atoms with Gasteiger partial charge in [0, 0.05) is 19.2 Å². The zero-order chi connectivity index (χ0) is 27.1. The molecule has 9 nitrogen and oxygen atoms in total. The van der Waals surface area contributed by atoms with E-state index >= 15 is 0 Å². The fourth-order valence-corrected chi connectivity index (χ4v) is 5.45. The Hall–Kier alpha value is -4.21. The van der Waals surface area contributed by atoms with E-state index in [0.717, 1.165) is 29.4 Å². The molecule has 10 heteroatoms. The summed E-state index contributed by atoms with van der Waals surface area (Å²) < 4.78 is 30.3. The van der Waals surface area contributed by atoms with Crippen LogP contribution < -0.4 is 9.47 Å². The molecule has 1 aliphatic heterocycles. The monoisotopic (exact) mass is 522 g/mol. The highest BCUT2D eigenvalue weighted by molar-refractivity contribution is 6.55. The van der Waals surface area contributed by atoms with Gasteiger partial charge >= 0.3 is 6.09 Å². The normalized spacial score (nSPS) is 15.3. The van der Waals surface area contributed by atoms with Crippen LogP contribution in [0.25, 0.3) is 10.9 Å². The van der Waals surface area contributed by atoms with Crippen molar-refractivity contribution in [2.45, 2.75) is 26.2 Å². The number of hydrogen-bond donors (Lipinski definition) is 0. The molecule has 2 aliphatic rings. The lowest BCUT2D eigenvalue weighted by Crippen LogP contribution is -2.40. The summed E-state index contributed by atoms with van der Waals surface area (Å²) >= 11 is 0. The number of ether oxygens (including phenoxy) is 3. The Kier molecular flexibility index (Phi) is 6.64. The quantitative estimate of drug-likeness (QED) is 0.445. The molecule has 0 atom stereocenters. The third-order valence-electron chi connectivity index (χ3n) is 7.25. The SMILES string of the molecule is CCOC(=O)n1c2c(OC)c3c(c(C(=O)N4CCC(Cc5ccc(F)cc5)CC4)c(OC)cc31)C(=O)C2=O. The van der Waals surface area contributed by atoms with Gasteiger partial charge in [-0.2, -0.15) is 0 Å². The van der Waals surface area contributed by atoms with Crippen molar-refractivity contribution >= 4 is 34.5 Å². The van der Waals surface area contributed by atoms with Crippen molar-refractivity contribution in [1.29, 1.82) is 0 Å². The minimum absolute atomic E-state index is 0.0270. The maximum absolute atomic E-state index is 13.8. The topological polar surface area (TPSA) is 104 Å². The Labute approximate surface area is 218 Å². The van der Waals surface area contributed by atoms with Crippen LogP contribution in [0.1, 0.15) is 56.5 Å². The largest absolute Gasteiger partial charge is 0.496 e. The van der Waals surface area contributed by atoms with Crippen LogP contribution in [0.15, 0.2) is 30.3 Å². The van der Waals surface area contributed by atoms with Crippen molar-refractivity contribution in [3.8, 4) is 11.5 Å².